The monoisotopic (exact) mass is 229 g/mol. The van der Waals surface area contributed by atoms with Crippen molar-refractivity contribution in [2.24, 2.45) is 5.84 Å². The van der Waals surface area contributed by atoms with E-state index in [-0.39, 0.29) is 12.3 Å². The minimum absolute atomic E-state index is 0.0141. The number of rotatable bonds is 2. The summed E-state index contributed by atoms with van der Waals surface area (Å²) in [6.45, 7) is 0. The highest BCUT2D eigenvalue weighted by Gasteiger charge is 2.31. The molecule has 2 unspecified atom stereocenters. The average Bonchev–Trinajstić information content (AvgIpc) is 2.99. The quantitative estimate of drug-likeness (QED) is 0.580. The van der Waals surface area contributed by atoms with Crippen LogP contribution in [-0.4, -0.2) is 10.1 Å². The van der Waals surface area contributed by atoms with Gasteiger partial charge in [0.05, 0.1) is 0 Å². The molecule has 0 aliphatic carbocycles. The molecule has 0 spiro atoms. The molecule has 88 valence electrons. The van der Waals surface area contributed by atoms with Crippen molar-refractivity contribution < 1.29 is 0 Å². The van der Waals surface area contributed by atoms with Crippen molar-refractivity contribution in [1.82, 2.24) is 20.8 Å². The lowest BCUT2D eigenvalue weighted by Gasteiger charge is -2.17. The van der Waals surface area contributed by atoms with Gasteiger partial charge < -0.3 is 4.98 Å². The summed E-state index contributed by atoms with van der Waals surface area (Å²) < 4.78 is 0. The zero-order valence-electron chi connectivity index (χ0n) is 9.30. The van der Waals surface area contributed by atoms with Crippen molar-refractivity contribution in [2.45, 2.75) is 12.3 Å². The zero-order chi connectivity index (χ0) is 11.7. The molecule has 5 N–H and O–H groups in total. The zero-order valence-corrected chi connectivity index (χ0v) is 9.30. The van der Waals surface area contributed by atoms with Gasteiger partial charge in [0.1, 0.15) is 12.3 Å². The highest BCUT2D eigenvalue weighted by Crippen LogP contribution is 2.24. The lowest BCUT2D eigenvalue weighted by molar-refractivity contribution is 0.179. The van der Waals surface area contributed by atoms with Gasteiger partial charge in [0.2, 0.25) is 0 Å². The predicted molar refractivity (Wildman–Crippen MR) is 65.0 cm³/mol. The molecule has 0 saturated carbocycles. The smallest absolute Gasteiger partial charge is 0.116 e. The number of hydrogen-bond donors (Lipinski definition) is 4. The molecule has 2 aromatic rings. The summed E-state index contributed by atoms with van der Waals surface area (Å²) in [7, 11) is 0. The number of hydrazine groups is 2. The first-order valence-electron chi connectivity index (χ1n) is 5.59. The first kappa shape index (κ1) is 10.5. The maximum atomic E-state index is 5.95. The Kier molecular flexibility index (Phi) is 2.66. The van der Waals surface area contributed by atoms with Crippen LogP contribution in [0.3, 0.4) is 0 Å². The third-order valence-corrected chi connectivity index (χ3v) is 2.93. The fourth-order valence-corrected chi connectivity index (χ4v) is 2.07. The van der Waals surface area contributed by atoms with Gasteiger partial charge in [0, 0.05) is 11.9 Å². The van der Waals surface area contributed by atoms with Crippen LogP contribution in [-0.2, 0) is 0 Å². The largest absolute Gasteiger partial charge is 0.363 e. The number of nitrogens with two attached hydrogens (primary N) is 1. The first-order valence-corrected chi connectivity index (χ1v) is 5.59. The van der Waals surface area contributed by atoms with Gasteiger partial charge in [-0.3, -0.25) is 11.2 Å². The van der Waals surface area contributed by atoms with Crippen LogP contribution < -0.4 is 16.6 Å². The van der Waals surface area contributed by atoms with Crippen molar-refractivity contribution in [3.8, 4) is 0 Å². The Hall–Kier alpha value is -1.66. The van der Waals surface area contributed by atoms with Gasteiger partial charge in [-0.05, 0) is 17.7 Å². The van der Waals surface area contributed by atoms with E-state index in [1.807, 2.05) is 36.5 Å². The number of aromatic nitrogens is 1. The van der Waals surface area contributed by atoms with E-state index in [9.17, 15) is 0 Å². The van der Waals surface area contributed by atoms with E-state index in [4.69, 9.17) is 5.84 Å². The number of H-pyrrole nitrogens is 1. The summed E-state index contributed by atoms with van der Waals surface area (Å²) in [4.78, 5) is 3.16. The third kappa shape index (κ3) is 1.96. The van der Waals surface area contributed by atoms with Gasteiger partial charge in [-0.1, -0.05) is 30.3 Å². The Bertz CT molecular complexity index is 467. The predicted octanol–water partition coefficient (Wildman–Crippen LogP) is 0.996. The molecule has 1 aliphatic heterocycles. The number of nitrogens with zero attached hydrogens (tertiary/aromatic N) is 1. The molecule has 0 radical (unpaired) electrons. The number of hydrogen-bond acceptors (Lipinski definition) is 4. The van der Waals surface area contributed by atoms with Gasteiger partial charge in [0.25, 0.3) is 0 Å². The van der Waals surface area contributed by atoms with E-state index >= 15 is 0 Å². The average molecular weight is 229 g/mol. The molecule has 1 fully saturated rings. The lowest BCUT2D eigenvalue weighted by atomic mass is 10.2. The Morgan fingerprint density at radius 3 is 2.59 bits per heavy atom. The number of benzene rings is 1. The summed E-state index contributed by atoms with van der Waals surface area (Å²) >= 11 is 0. The maximum Gasteiger partial charge on any atom is 0.116 e. The van der Waals surface area contributed by atoms with Crippen molar-refractivity contribution >= 4 is 0 Å². The fraction of sp³-hybridized carbons (Fsp3) is 0.167. The van der Waals surface area contributed by atoms with E-state index < -0.39 is 0 Å². The van der Waals surface area contributed by atoms with Gasteiger partial charge in [0.15, 0.2) is 0 Å². The van der Waals surface area contributed by atoms with Gasteiger partial charge in [-0.2, -0.15) is 5.12 Å². The first-order chi connectivity index (χ1) is 8.34. The van der Waals surface area contributed by atoms with Crippen molar-refractivity contribution in [1.29, 1.82) is 0 Å². The molecule has 1 aromatic carbocycles. The molecule has 2 heterocycles. The van der Waals surface area contributed by atoms with Crippen molar-refractivity contribution in [3.05, 3.63) is 59.9 Å². The Labute approximate surface area is 99.6 Å². The van der Waals surface area contributed by atoms with E-state index in [1.165, 1.54) is 0 Å². The summed E-state index contributed by atoms with van der Waals surface area (Å²) in [5.41, 5.74) is 5.38. The number of aromatic amines is 1. The summed E-state index contributed by atoms with van der Waals surface area (Å²) in [5.74, 6) is 5.95. The van der Waals surface area contributed by atoms with E-state index in [2.05, 4.69) is 27.9 Å². The van der Waals surface area contributed by atoms with E-state index in [0.717, 1.165) is 11.3 Å². The SMILES string of the molecule is NN1NC(c2ccc[nH]2)NC1c1ccccc1. The lowest BCUT2D eigenvalue weighted by Crippen LogP contribution is -2.40. The van der Waals surface area contributed by atoms with Gasteiger partial charge in [-0.15, -0.1) is 0 Å². The summed E-state index contributed by atoms with van der Waals surface area (Å²) in [6, 6.07) is 14.1. The standard InChI is InChI=1S/C12H15N5/c13-17-12(9-5-2-1-3-6-9)15-11(16-17)10-7-4-8-14-10/h1-8,11-12,14-16H,13H2. The van der Waals surface area contributed by atoms with E-state index in [0.29, 0.717) is 0 Å². The highest BCUT2D eigenvalue weighted by molar-refractivity contribution is 5.20. The third-order valence-electron chi connectivity index (χ3n) is 2.93. The number of nitrogens with one attached hydrogen (secondary N) is 3. The Balaban J connectivity index is 1.81. The molecule has 3 rings (SSSR count). The maximum absolute atomic E-state index is 5.95. The van der Waals surface area contributed by atoms with Crippen LogP contribution in [0.1, 0.15) is 23.6 Å². The van der Waals surface area contributed by atoms with Crippen LogP contribution >= 0.6 is 0 Å². The van der Waals surface area contributed by atoms with Crippen LogP contribution in [0.25, 0.3) is 0 Å². The van der Waals surface area contributed by atoms with Gasteiger partial charge in [-0.25, -0.2) is 5.43 Å². The second-order valence-corrected chi connectivity index (χ2v) is 4.07. The molecule has 0 amide bonds. The Morgan fingerprint density at radius 2 is 1.88 bits per heavy atom. The molecular formula is C12H15N5. The van der Waals surface area contributed by atoms with Crippen LogP contribution in [0.5, 0.6) is 0 Å². The molecule has 1 aromatic heterocycles. The van der Waals surface area contributed by atoms with Crippen molar-refractivity contribution in [3.63, 3.8) is 0 Å². The van der Waals surface area contributed by atoms with Crippen LogP contribution in [0.15, 0.2) is 48.7 Å². The minimum atomic E-state index is -0.0236. The molecule has 5 heteroatoms. The second-order valence-electron chi connectivity index (χ2n) is 4.07. The molecule has 1 saturated heterocycles. The topological polar surface area (TPSA) is 69.1 Å². The molecule has 17 heavy (non-hydrogen) atoms. The highest BCUT2D eigenvalue weighted by atomic mass is 15.8. The fourth-order valence-electron chi connectivity index (χ4n) is 2.07. The molecule has 5 nitrogen and oxygen atoms in total. The molecule has 2 atom stereocenters. The summed E-state index contributed by atoms with van der Waals surface area (Å²) in [5, 5.41) is 5.02. The molecule has 1 aliphatic rings. The van der Waals surface area contributed by atoms with Gasteiger partial charge >= 0.3 is 0 Å². The summed E-state index contributed by atoms with van der Waals surface area (Å²) in [6.07, 6.45) is 1.89. The normalized spacial score (nSPS) is 25.2. The minimum Gasteiger partial charge on any atom is -0.363 e. The Morgan fingerprint density at radius 1 is 1.06 bits per heavy atom. The van der Waals surface area contributed by atoms with Crippen LogP contribution in [0.4, 0.5) is 0 Å². The van der Waals surface area contributed by atoms with Crippen LogP contribution in [0.2, 0.25) is 0 Å². The van der Waals surface area contributed by atoms with Crippen LogP contribution in [0, 0.1) is 0 Å². The van der Waals surface area contributed by atoms with Crippen molar-refractivity contribution in [2.75, 3.05) is 0 Å². The molecular weight excluding hydrogens is 214 g/mol. The molecule has 0 bridgehead atoms. The van der Waals surface area contributed by atoms with E-state index in [1.54, 1.807) is 5.12 Å². The second kappa shape index (κ2) is 4.31.